The molecule has 1 aliphatic heterocycles. The summed E-state index contributed by atoms with van der Waals surface area (Å²) >= 11 is 11.9. The van der Waals surface area contributed by atoms with Gasteiger partial charge in [0, 0.05) is 25.2 Å². The van der Waals surface area contributed by atoms with Gasteiger partial charge in [-0.1, -0.05) is 48.5 Å². The van der Waals surface area contributed by atoms with Crippen molar-refractivity contribution in [1.29, 1.82) is 0 Å². The Kier molecular flexibility index (Phi) is 7.25. The van der Waals surface area contributed by atoms with Crippen molar-refractivity contribution in [2.24, 2.45) is 0 Å². The molecule has 0 aromatic heterocycles. The fourth-order valence-electron chi connectivity index (χ4n) is 3.87. The molecule has 1 heterocycles. The molecule has 148 valence electrons. The van der Waals surface area contributed by atoms with Crippen LogP contribution in [0.5, 0.6) is 0 Å². The average molecular weight is 412 g/mol. The molecule has 1 saturated heterocycles. The van der Waals surface area contributed by atoms with Crippen LogP contribution < -0.4 is 10.6 Å². The number of hydrogen-bond acceptors (Lipinski definition) is 2. The maximum atomic E-state index is 12.5. The summed E-state index contributed by atoms with van der Waals surface area (Å²) in [6.45, 7) is 1.32. The van der Waals surface area contributed by atoms with Gasteiger partial charge < -0.3 is 15.5 Å². The zero-order valence-electron chi connectivity index (χ0n) is 15.5. The molecule has 3 amide bonds. The number of nitrogens with one attached hydrogen (secondary N) is 2. The molecule has 2 aliphatic rings. The van der Waals surface area contributed by atoms with Gasteiger partial charge >= 0.3 is 6.03 Å². The molecule has 0 spiro atoms. The van der Waals surface area contributed by atoms with Crippen LogP contribution >= 0.6 is 23.2 Å². The van der Waals surface area contributed by atoms with Gasteiger partial charge in [0.1, 0.15) is 0 Å². The number of benzene rings is 1. The van der Waals surface area contributed by atoms with Crippen molar-refractivity contribution < 1.29 is 9.59 Å². The number of halogens is 2. The first-order valence-corrected chi connectivity index (χ1v) is 10.6. The summed E-state index contributed by atoms with van der Waals surface area (Å²) in [5, 5.41) is 7.12. The molecular formula is C20H27Cl2N3O2. The van der Waals surface area contributed by atoms with Crippen LogP contribution in [0.1, 0.15) is 50.5 Å². The molecule has 27 heavy (non-hydrogen) atoms. The van der Waals surface area contributed by atoms with Crippen molar-refractivity contribution in [1.82, 2.24) is 15.5 Å². The van der Waals surface area contributed by atoms with Gasteiger partial charge in [-0.2, -0.15) is 0 Å². The Hall–Kier alpha value is -1.46. The van der Waals surface area contributed by atoms with Gasteiger partial charge in [-0.3, -0.25) is 4.79 Å². The number of likely N-dealkylation sites (tertiary alicyclic amines) is 1. The number of amides is 3. The summed E-state index contributed by atoms with van der Waals surface area (Å²) in [6, 6.07) is 5.66. The highest BCUT2D eigenvalue weighted by Gasteiger charge is 2.25. The zero-order chi connectivity index (χ0) is 19.2. The lowest BCUT2D eigenvalue weighted by atomic mass is 9.96. The lowest BCUT2D eigenvalue weighted by Gasteiger charge is -2.33. The molecule has 2 N–H and O–H groups in total. The Morgan fingerprint density at radius 2 is 1.56 bits per heavy atom. The molecule has 0 bridgehead atoms. The van der Waals surface area contributed by atoms with Crippen LogP contribution in [0.3, 0.4) is 0 Å². The number of nitrogens with zero attached hydrogens (tertiary/aromatic N) is 1. The highest BCUT2D eigenvalue weighted by atomic mass is 35.5. The summed E-state index contributed by atoms with van der Waals surface area (Å²) in [5.74, 6) is 0.0819. The molecular weight excluding hydrogens is 385 g/mol. The van der Waals surface area contributed by atoms with Gasteiger partial charge in [0.05, 0.1) is 16.5 Å². The second-order valence-electron chi connectivity index (χ2n) is 7.53. The van der Waals surface area contributed by atoms with Crippen LogP contribution in [0.4, 0.5) is 4.79 Å². The Balaban J connectivity index is 1.40. The van der Waals surface area contributed by atoms with E-state index in [4.69, 9.17) is 23.2 Å². The van der Waals surface area contributed by atoms with Crippen molar-refractivity contribution in [3.8, 4) is 0 Å². The van der Waals surface area contributed by atoms with Gasteiger partial charge in [-0.05, 0) is 43.4 Å². The third-order valence-corrected chi connectivity index (χ3v) is 6.20. The fourth-order valence-corrected chi connectivity index (χ4v) is 4.19. The molecule has 7 heteroatoms. The molecule has 2 fully saturated rings. The van der Waals surface area contributed by atoms with E-state index < -0.39 is 0 Å². The van der Waals surface area contributed by atoms with E-state index >= 15 is 0 Å². The number of carbonyl (C=O) groups excluding carboxylic acids is 2. The minimum absolute atomic E-state index is 0.0671. The summed E-state index contributed by atoms with van der Waals surface area (Å²) in [5.41, 5.74) is 0.863. The first-order chi connectivity index (χ1) is 13.0. The fraction of sp³-hybridized carbons (Fsp3) is 0.600. The predicted octanol–water partition coefficient (Wildman–Crippen LogP) is 4.16. The second-order valence-corrected chi connectivity index (χ2v) is 8.35. The Labute approximate surface area is 170 Å². The maximum Gasteiger partial charge on any atom is 0.315 e. The van der Waals surface area contributed by atoms with Gasteiger partial charge in [-0.15, -0.1) is 0 Å². The molecule has 0 radical (unpaired) electrons. The normalized spacial score (nSPS) is 19.0. The zero-order valence-corrected chi connectivity index (χ0v) is 17.0. The van der Waals surface area contributed by atoms with Gasteiger partial charge in [0.2, 0.25) is 5.91 Å². The summed E-state index contributed by atoms with van der Waals surface area (Å²) in [6.07, 6.45) is 7.71. The number of carbonyl (C=O) groups is 2. The highest BCUT2D eigenvalue weighted by molar-refractivity contribution is 6.42. The number of urea groups is 1. The van der Waals surface area contributed by atoms with Crippen LogP contribution in [0.2, 0.25) is 10.0 Å². The molecule has 0 atom stereocenters. The lowest BCUT2D eigenvalue weighted by Crippen LogP contribution is -2.51. The Morgan fingerprint density at radius 3 is 2.19 bits per heavy atom. The summed E-state index contributed by atoms with van der Waals surface area (Å²) in [7, 11) is 0. The summed E-state index contributed by atoms with van der Waals surface area (Å²) < 4.78 is 0. The van der Waals surface area contributed by atoms with Crippen LogP contribution in [0.15, 0.2) is 18.2 Å². The molecule has 1 aromatic carbocycles. The minimum atomic E-state index is -0.0671. The summed E-state index contributed by atoms with van der Waals surface area (Å²) in [4.78, 5) is 26.5. The molecule has 1 aliphatic carbocycles. The van der Waals surface area contributed by atoms with Crippen molar-refractivity contribution in [2.75, 3.05) is 13.1 Å². The quantitative estimate of drug-likeness (QED) is 0.780. The van der Waals surface area contributed by atoms with E-state index in [1.807, 2.05) is 11.0 Å². The van der Waals surface area contributed by atoms with E-state index in [9.17, 15) is 9.59 Å². The third kappa shape index (κ3) is 6.01. The van der Waals surface area contributed by atoms with E-state index in [1.54, 1.807) is 12.1 Å². The van der Waals surface area contributed by atoms with Gasteiger partial charge in [0.15, 0.2) is 0 Å². The van der Waals surface area contributed by atoms with E-state index in [1.165, 1.54) is 19.3 Å². The Morgan fingerprint density at radius 1 is 0.926 bits per heavy atom. The SMILES string of the molecule is O=C(NC1CCCCC1)NC1CCN(C(=O)Cc2ccc(Cl)c(Cl)c2)CC1. The predicted molar refractivity (Wildman–Crippen MR) is 108 cm³/mol. The number of piperidine rings is 1. The van der Waals surface area contributed by atoms with Crippen molar-refractivity contribution in [2.45, 2.75) is 63.5 Å². The third-order valence-electron chi connectivity index (χ3n) is 5.46. The molecule has 1 aromatic rings. The average Bonchev–Trinajstić information content (AvgIpc) is 2.66. The molecule has 1 saturated carbocycles. The minimum Gasteiger partial charge on any atom is -0.342 e. The van der Waals surface area contributed by atoms with Gasteiger partial charge in [-0.25, -0.2) is 4.79 Å². The van der Waals surface area contributed by atoms with E-state index in [2.05, 4.69) is 10.6 Å². The standard InChI is InChI=1S/C20H27Cl2N3O2/c21-17-7-6-14(12-18(17)22)13-19(26)25-10-8-16(9-11-25)24-20(27)23-15-4-2-1-3-5-15/h6-7,12,15-16H,1-5,8-11,13H2,(H2,23,24,27). The molecule has 0 unspecified atom stereocenters. The lowest BCUT2D eigenvalue weighted by molar-refractivity contribution is -0.131. The van der Waals surface area contributed by atoms with Crippen molar-refractivity contribution in [3.05, 3.63) is 33.8 Å². The monoisotopic (exact) mass is 411 g/mol. The van der Waals surface area contributed by atoms with E-state index in [0.717, 1.165) is 31.2 Å². The first-order valence-electron chi connectivity index (χ1n) is 9.80. The number of hydrogen-bond donors (Lipinski definition) is 2. The van der Waals surface area contributed by atoms with Crippen LogP contribution in [-0.2, 0) is 11.2 Å². The Bertz CT molecular complexity index is 669. The topological polar surface area (TPSA) is 61.4 Å². The van der Waals surface area contributed by atoms with Crippen LogP contribution in [0.25, 0.3) is 0 Å². The van der Waals surface area contributed by atoms with E-state index in [0.29, 0.717) is 35.6 Å². The smallest absolute Gasteiger partial charge is 0.315 e. The maximum absolute atomic E-state index is 12.5. The number of rotatable bonds is 4. The highest BCUT2D eigenvalue weighted by Crippen LogP contribution is 2.23. The molecule has 5 nitrogen and oxygen atoms in total. The first kappa shape index (κ1) is 20.3. The van der Waals surface area contributed by atoms with Crippen molar-refractivity contribution in [3.63, 3.8) is 0 Å². The van der Waals surface area contributed by atoms with Crippen molar-refractivity contribution >= 4 is 35.1 Å². The second kappa shape index (κ2) is 9.65. The van der Waals surface area contributed by atoms with Crippen LogP contribution in [-0.4, -0.2) is 42.0 Å². The largest absolute Gasteiger partial charge is 0.342 e. The molecule has 3 rings (SSSR count). The van der Waals surface area contributed by atoms with E-state index in [-0.39, 0.29) is 18.0 Å². The van der Waals surface area contributed by atoms with Crippen LogP contribution in [0, 0.1) is 0 Å². The van der Waals surface area contributed by atoms with Gasteiger partial charge in [0.25, 0.3) is 0 Å².